The first kappa shape index (κ1) is 9.24. The Kier molecular flexibility index (Phi) is 3.27. The van der Waals surface area contributed by atoms with E-state index in [1.54, 1.807) is 0 Å². The molecule has 1 heterocycles. The second-order valence-electron chi connectivity index (χ2n) is 3.31. The molecule has 1 heteroatoms. The molecular weight excluding hydrogens is 146 g/mol. The third kappa shape index (κ3) is 2.07. The van der Waals surface area contributed by atoms with Gasteiger partial charge in [0, 0.05) is 12.4 Å². The van der Waals surface area contributed by atoms with Gasteiger partial charge in [0.2, 0.25) is 0 Å². The topological polar surface area (TPSA) is 12.9 Å². The molecule has 0 aliphatic carbocycles. The maximum Gasteiger partial charge on any atom is 0.0302 e. The van der Waals surface area contributed by atoms with Crippen molar-refractivity contribution in [3.05, 3.63) is 29.6 Å². The Morgan fingerprint density at radius 2 is 1.92 bits per heavy atom. The highest BCUT2D eigenvalue weighted by Crippen LogP contribution is 2.22. The van der Waals surface area contributed by atoms with Crippen molar-refractivity contribution in [3.8, 4) is 0 Å². The molecule has 1 aromatic heterocycles. The number of nitrogens with zero attached hydrogens (tertiary/aromatic N) is 1. The van der Waals surface area contributed by atoms with Gasteiger partial charge in [-0.1, -0.05) is 19.9 Å². The van der Waals surface area contributed by atoms with Gasteiger partial charge in [0.25, 0.3) is 0 Å². The number of aromatic nitrogens is 1. The normalized spacial score (nSPS) is 10.7. The third-order valence-electron chi connectivity index (χ3n) is 2.35. The van der Waals surface area contributed by atoms with Gasteiger partial charge in [-0.15, -0.1) is 0 Å². The average molecular weight is 163 g/mol. The van der Waals surface area contributed by atoms with Crippen LogP contribution in [-0.2, 0) is 0 Å². The number of pyridine rings is 1. The maximum atomic E-state index is 4.20. The molecule has 12 heavy (non-hydrogen) atoms. The Hall–Kier alpha value is -0.850. The summed E-state index contributed by atoms with van der Waals surface area (Å²) in [6, 6.07) is 2.24. The molecule has 0 saturated heterocycles. The number of hydrogen-bond donors (Lipinski definition) is 0. The monoisotopic (exact) mass is 163 g/mol. The van der Waals surface area contributed by atoms with E-state index in [1.165, 1.54) is 24.0 Å². The number of rotatable bonds is 3. The largest absolute Gasteiger partial charge is 0.264 e. The molecule has 1 rings (SSSR count). The van der Waals surface area contributed by atoms with Crippen molar-refractivity contribution in [1.29, 1.82) is 0 Å². The van der Waals surface area contributed by atoms with Crippen molar-refractivity contribution in [2.75, 3.05) is 0 Å². The van der Waals surface area contributed by atoms with Crippen LogP contribution in [0.1, 0.15) is 43.7 Å². The van der Waals surface area contributed by atoms with Crippen molar-refractivity contribution in [2.24, 2.45) is 0 Å². The highest BCUT2D eigenvalue weighted by atomic mass is 14.6. The Labute approximate surface area is 74.8 Å². The molecule has 1 aromatic rings. The van der Waals surface area contributed by atoms with Crippen molar-refractivity contribution in [2.45, 2.75) is 39.5 Å². The van der Waals surface area contributed by atoms with Crippen LogP contribution in [0.15, 0.2) is 18.5 Å². The van der Waals surface area contributed by atoms with Crippen LogP contribution in [0.4, 0.5) is 0 Å². The first-order valence-corrected chi connectivity index (χ1v) is 4.69. The summed E-state index contributed by atoms with van der Waals surface area (Å²) in [5.74, 6) is 0.692. The van der Waals surface area contributed by atoms with Gasteiger partial charge in [-0.25, -0.2) is 0 Å². The van der Waals surface area contributed by atoms with Crippen molar-refractivity contribution < 1.29 is 0 Å². The fourth-order valence-corrected chi connectivity index (χ4v) is 1.56. The molecule has 0 unspecified atom stereocenters. The van der Waals surface area contributed by atoms with E-state index >= 15 is 0 Å². The lowest BCUT2D eigenvalue weighted by Crippen LogP contribution is -1.96. The van der Waals surface area contributed by atoms with E-state index in [0.29, 0.717) is 5.92 Å². The fraction of sp³-hybridized carbons (Fsp3) is 0.545. The SMILES string of the molecule is CCC(CC)c1cncc(C)c1. The van der Waals surface area contributed by atoms with Crippen molar-refractivity contribution in [1.82, 2.24) is 4.98 Å². The minimum absolute atomic E-state index is 0.692. The lowest BCUT2D eigenvalue weighted by Gasteiger charge is -2.12. The zero-order valence-corrected chi connectivity index (χ0v) is 8.17. The smallest absolute Gasteiger partial charge is 0.0302 e. The molecular formula is C11H17N. The first-order valence-electron chi connectivity index (χ1n) is 4.69. The quantitative estimate of drug-likeness (QED) is 0.666. The average Bonchev–Trinajstić information content (AvgIpc) is 2.07. The molecule has 0 aliphatic rings. The number of aryl methyl sites for hydroxylation is 1. The summed E-state index contributed by atoms with van der Waals surface area (Å²) in [6.07, 6.45) is 6.32. The van der Waals surface area contributed by atoms with Gasteiger partial charge >= 0.3 is 0 Å². The Balaban J connectivity index is 2.85. The van der Waals surface area contributed by atoms with Gasteiger partial charge in [-0.3, -0.25) is 4.98 Å². The van der Waals surface area contributed by atoms with Gasteiger partial charge in [0.1, 0.15) is 0 Å². The molecule has 0 N–H and O–H groups in total. The Bertz CT molecular complexity index is 239. The highest BCUT2D eigenvalue weighted by molar-refractivity contribution is 5.20. The van der Waals surface area contributed by atoms with E-state index in [-0.39, 0.29) is 0 Å². The van der Waals surface area contributed by atoms with E-state index < -0.39 is 0 Å². The zero-order chi connectivity index (χ0) is 8.97. The van der Waals surface area contributed by atoms with Gasteiger partial charge in [-0.05, 0) is 36.8 Å². The van der Waals surface area contributed by atoms with Crippen molar-refractivity contribution in [3.63, 3.8) is 0 Å². The maximum absolute atomic E-state index is 4.20. The fourth-order valence-electron chi connectivity index (χ4n) is 1.56. The molecule has 0 saturated carbocycles. The minimum atomic E-state index is 0.692. The summed E-state index contributed by atoms with van der Waals surface area (Å²) in [4.78, 5) is 4.20. The zero-order valence-electron chi connectivity index (χ0n) is 8.17. The third-order valence-corrected chi connectivity index (χ3v) is 2.35. The van der Waals surface area contributed by atoms with Crippen LogP contribution in [0.25, 0.3) is 0 Å². The lowest BCUT2D eigenvalue weighted by atomic mass is 9.95. The molecule has 0 radical (unpaired) electrons. The summed E-state index contributed by atoms with van der Waals surface area (Å²) in [6.45, 7) is 6.56. The van der Waals surface area contributed by atoms with E-state index in [0.717, 1.165) is 0 Å². The first-order chi connectivity index (χ1) is 5.77. The van der Waals surface area contributed by atoms with Crippen LogP contribution < -0.4 is 0 Å². The van der Waals surface area contributed by atoms with Gasteiger partial charge in [-0.2, -0.15) is 0 Å². The van der Waals surface area contributed by atoms with E-state index in [9.17, 15) is 0 Å². The summed E-state index contributed by atoms with van der Waals surface area (Å²) >= 11 is 0. The molecule has 0 aliphatic heterocycles. The van der Waals surface area contributed by atoms with Crippen LogP contribution in [0.3, 0.4) is 0 Å². The summed E-state index contributed by atoms with van der Waals surface area (Å²) < 4.78 is 0. The second-order valence-corrected chi connectivity index (χ2v) is 3.31. The van der Waals surface area contributed by atoms with Gasteiger partial charge < -0.3 is 0 Å². The van der Waals surface area contributed by atoms with E-state index in [4.69, 9.17) is 0 Å². The summed E-state index contributed by atoms with van der Waals surface area (Å²) in [5, 5.41) is 0. The molecule has 0 aromatic carbocycles. The minimum Gasteiger partial charge on any atom is -0.264 e. The van der Waals surface area contributed by atoms with Crippen LogP contribution in [-0.4, -0.2) is 4.98 Å². The van der Waals surface area contributed by atoms with Gasteiger partial charge in [0.05, 0.1) is 0 Å². The lowest BCUT2D eigenvalue weighted by molar-refractivity contribution is 0.639. The number of hydrogen-bond acceptors (Lipinski definition) is 1. The van der Waals surface area contributed by atoms with Crippen molar-refractivity contribution >= 4 is 0 Å². The molecule has 0 bridgehead atoms. The standard InChI is InChI=1S/C11H17N/c1-4-10(5-2)11-6-9(3)7-12-8-11/h6-8,10H,4-5H2,1-3H3. The summed E-state index contributed by atoms with van der Waals surface area (Å²) in [5.41, 5.74) is 2.65. The van der Waals surface area contributed by atoms with Crippen LogP contribution in [0, 0.1) is 6.92 Å². The molecule has 0 atom stereocenters. The Morgan fingerprint density at radius 3 is 2.42 bits per heavy atom. The molecule has 0 spiro atoms. The second kappa shape index (κ2) is 4.24. The van der Waals surface area contributed by atoms with Gasteiger partial charge in [0.15, 0.2) is 0 Å². The summed E-state index contributed by atoms with van der Waals surface area (Å²) in [7, 11) is 0. The van der Waals surface area contributed by atoms with Crippen LogP contribution >= 0.6 is 0 Å². The predicted molar refractivity (Wildman–Crippen MR) is 52.3 cm³/mol. The van der Waals surface area contributed by atoms with Crippen LogP contribution in [0.5, 0.6) is 0 Å². The molecule has 0 amide bonds. The predicted octanol–water partition coefficient (Wildman–Crippen LogP) is 3.29. The Morgan fingerprint density at radius 1 is 1.25 bits per heavy atom. The molecule has 1 nitrogen and oxygen atoms in total. The molecule has 66 valence electrons. The highest BCUT2D eigenvalue weighted by Gasteiger charge is 2.06. The van der Waals surface area contributed by atoms with E-state index in [2.05, 4.69) is 31.8 Å². The van der Waals surface area contributed by atoms with Crippen LogP contribution in [0.2, 0.25) is 0 Å². The molecule has 0 fully saturated rings. The van der Waals surface area contributed by atoms with E-state index in [1.807, 2.05) is 12.4 Å².